The van der Waals surface area contributed by atoms with Crippen molar-refractivity contribution in [2.24, 2.45) is 5.10 Å². The van der Waals surface area contributed by atoms with Gasteiger partial charge in [0.1, 0.15) is 0 Å². The fraction of sp³-hybridized carbons (Fsp3) is 0.0870. The van der Waals surface area contributed by atoms with E-state index in [0.29, 0.717) is 5.16 Å². The van der Waals surface area contributed by atoms with E-state index in [1.165, 1.54) is 17.3 Å². The Hall–Kier alpha value is -3.78. The van der Waals surface area contributed by atoms with Crippen LogP contribution in [0.15, 0.2) is 89.4 Å². The predicted molar refractivity (Wildman–Crippen MR) is 122 cm³/mol. The Morgan fingerprint density at radius 1 is 1.03 bits per heavy atom. The van der Waals surface area contributed by atoms with Crippen molar-refractivity contribution in [3.8, 4) is 17.1 Å². The van der Waals surface area contributed by atoms with Crippen molar-refractivity contribution >= 4 is 23.9 Å². The summed E-state index contributed by atoms with van der Waals surface area (Å²) in [5, 5.41) is 13.4. The molecule has 154 valence electrons. The Labute approximate surface area is 184 Å². The van der Waals surface area contributed by atoms with Crippen LogP contribution in [0.4, 0.5) is 0 Å². The van der Waals surface area contributed by atoms with Crippen molar-refractivity contribution in [2.45, 2.75) is 12.1 Å². The van der Waals surface area contributed by atoms with Gasteiger partial charge in [0, 0.05) is 23.6 Å². The molecule has 0 saturated carbocycles. The molecule has 31 heavy (non-hydrogen) atoms. The predicted octanol–water partition coefficient (Wildman–Crippen LogP) is 3.88. The van der Waals surface area contributed by atoms with Gasteiger partial charge >= 0.3 is 0 Å². The van der Waals surface area contributed by atoms with Gasteiger partial charge in [-0.3, -0.25) is 14.3 Å². The number of aromatic nitrogens is 4. The van der Waals surface area contributed by atoms with Crippen LogP contribution in [-0.4, -0.2) is 37.6 Å². The van der Waals surface area contributed by atoms with Gasteiger partial charge in [-0.25, -0.2) is 5.43 Å². The molecule has 8 heteroatoms. The number of benzene rings is 2. The Balaban J connectivity index is 1.51. The highest BCUT2D eigenvalue weighted by Gasteiger charge is 2.17. The maximum absolute atomic E-state index is 12.3. The summed E-state index contributed by atoms with van der Waals surface area (Å²) in [6, 6.07) is 21.6. The highest BCUT2D eigenvalue weighted by atomic mass is 32.2. The maximum Gasteiger partial charge on any atom is 0.250 e. The van der Waals surface area contributed by atoms with Crippen LogP contribution in [0, 0.1) is 6.92 Å². The number of aryl methyl sites for hydroxylation is 1. The van der Waals surface area contributed by atoms with Crippen LogP contribution in [0.5, 0.6) is 0 Å². The number of para-hydroxylation sites is 1. The monoisotopic (exact) mass is 428 g/mol. The third-order valence-corrected chi connectivity index (χ3v) is 5.33. The molecular weight excluding hydrogens is 408 g/mol. The largest absolute Gasteiger partial charge is 0.272 e. The summed E-state index contributed by atoms with van der Waals surface area (Å²) in [4.78, 5) is 16.2. The van der Waals surface area contributed by atoms with Gasteiger partial charge in [-0.15, -0.1) is 10.2 Å². The second-order valence-corrected chi connectivity index (χ2v) is 7.65. The maximum atomic E-state index is 12.3. The summed E-state index contributed by atoms with van der Waals surface area (Å²) in [5.41, 5.74) is 6.46. The average molecular weight is 429 g/mol. The number of hydrogen-bond donors (Lipinski definition) is 1. The lowest BCUT2D eigenvalue weighted by Crippen LogP contribution is -2.20. The summed E-state index contributed by atoms with van der Waals surface area (Å²) >= 11 is 1.31. The lowest BCUT2D eigenvalue weighted by molar-refractivity contribution is -0.118. The van der Waals surface area contributed by atoms with E-state index >= 15 is 0 Å². The summed E-state index contributed by atoms with van der Waals surface area (Å²) in [6.07, 6.45) is 4.91. The molecule has 0 fully saturated rings. The van der Waals surface area contributed by atoms with Gasteiger partial charge in [-0.2, -0.15) is 5.10 Å². The molecule has 0 unspecified atom stereocenters. The molecule has 1 amide bonds. The van der Waals surface area contributed by atoms with Gasteiger partial charge in [0.25, 0.3) is 5.91 Å². The van der Waals surface area contributed by atoms with Crippen LogP contribution < -0.4 is 5.43 Å². The van der Waals surface area contributed by atoms with Gasteiger partial charge in [-0.05, 0) is 36.8 Å². The third-order valence-electron chi connectivity index (χ3n) is 4.40. The van der Waals surface area contributed by atoms with Crippen LogP contribution in [0.1, 0.15) is 11.1 Å². The van der Waals surface area contributed by atoms with E-state index in [4.69, 9.17) is 0 Å². The number of carbonyl (C=O) groups is 1. The normalized spacial score (nSPS) is 11.0. The molecular formula is C23H20N6OS. The molecule has 0 bridgehead atoms. The molecule has 0 atom stereocenters. The first-order valence-electron chi connectivity index (χ1n) is 9.63. The molecule has 0 aliphatic carbocycles. The van der Waals surface area contributed by atoms with E-state index in [1.807, 2.05) is 66.1 Å². The number of amides is 1. The molecule has 0 aliphatic rings. The zero-order chi connectivity index (χ0) is 21.5. The standard InChI is InChI=1S/C23H20N6OS/c1-17-7-9-19(10-8-17)22-27-28-23(29(22)20-5-3-2-4-6-20)31-16-21(30)26-25-15-18-11-13-24-14-12-18/h2-15H,16H2,1H3,(H,26,30)/b25-15+. The minimum Gasteiger partial charge on any atom is -0.272 e. The minimum absolute atomic E-state index is 0.159. The van der Waals surface area contributed by atoms with E-state index in [-0.39, 0.29) is 11.7 Å². The number of hydrogen-bond acceptors (Lipinski definition) is 6. The highest BCUT2D eigenvalue weighted by molar-refractivity contribution is 7.99. The lowest BCUT2D eigenvalue weighted by Gasteiger charge is -2.10. The number of hydrazone groups is 1. The third kappa shape index (κ3) is 5.23. The van der Waals surface area contributed by atoms with Crippen molar-refractivity contribution in [3.63, 3.8) is 0 Å². The van der Waals surface area contributed by atoms with Crippen molar-refractivity contribution in [2.75, 3.05) is 5.75 Å². The molecule has 7 nitrogen and oxygen atoms in total. The quantitative estimate of drug-likeness (QED) is 0.274. The van der Waals surface area contributed by atoms with Gasteiger partial charge in [0.15, 0.2) is 11.0 Å². The van der Waals surface area contributed by atoms with E-state index in [0.717, 1.165) is 22.6 Å². The van der Waals surface area contributed by atoms with Crippen LogP contribution in [0.3, 0.4) is 0 Å². The van der Waals surface area contributed by atoms with E-state index < -0.39 is 0 Å². The second-order valence-electron chi connectivity index (χ2n) is 6.71. The molecule has 2 aromatic heterocycles. The van der Waals surface area contributed by atoms with Crippen LogP contribution >= 0.6 is 11.8 Å². The van der Waals surface area contributed by atoms with Crippen molar-refractivity contribution in [1.82, 2.24) is 25.2 Å². The molecule has 1 N–H and O–H groups in total. The SMILES string of the molecule is Cc1ccc(-c2nnc(SCC(=O)N/N=C/c3ccncc3)n2-c2ccccc2)cc1. The Kier molecular flexibility index (Phi) is 6.49. The van der Waals surface area contributed by atoms with E-state index in [1.54, 1.807) is 30.7 Å². The molecule has 0 aliphatic heterocycles. The molecule has 4 rings (SSSR count). The topological polar surface area (TPSA) is 85.1 Å². The molecule has 0 saturated heterocycles. The first-order valence-corrected chi connectivity index (χ1v) is 10.6. The summed E-state index contributed by atoms with van der Waals surface area (Å²) < 4.78 is 1.96. The fourth-order valence-corrected chi connectivity index (χ4v) is 3.60. The first kappa shape index (κ1) is 20.5. The van der Waals surface area contributed by atoms with E-state index in [9.17, 15) is 4.79 Å². The first-order chi connectivity index (χ1) is 15.2. The molecule has 0 radical (unpaired) electrons. The number of thioether (sulfide) groups is 1. The average Bonchev–Trinajstić information content (AvgIpc) is 3.23. The van der Waals surface area contributed by atoms with Gasteiger partial charge < -0.3 is 0 Å². The molecule has 4 aromatic rings. The van der Waals surface area contributed by atoms with Crippen LogP contribution in [0.2, 0.25) is 0 Å². The summed E-state index contributed by atoms with van der Waals surface area (Å²) in [7, 11) is 0. The molecule has 0 spiro atoms. The zero-order valence-electron chi connectivity index (χ0n) is 16.8. The fourth-order valence-electron chi connectivity index (χ4n) is 2.85. The molecule has 2 aromatic carbocycles. The lowest BCUT2D eigenvalue weighted by atomic mass is 10.1. The number of nitrogens with zero attached hydrogens (tertiary/aromatic N) is 5. The van der Waals surface area contributed by atoms with Gasteiger partial charge in [-0.1, -0.05) is 59.8 Å². The van der Waals surface area contributed by atoms with Crippen molar-refractivity contribution in [3.05, 3.63) is 90.3 Å². The second kappa shape index (κ2) is 9.82. The van der Waals surface area contributed by atoms with Crippen molar-refractivity contribution in [1.29, 1.82) is 0 Å². The summed E-state index contributed by atoms with van der Waals surface area (Å²) in [5.74, 6) is 0.659. The highest BCUT2D eigenvalue weighted by Crippen LogP contribution is 2.28. The van der Waals surface area contributed by atoms with Crippen molar-refractivity contribution < 1.29 is 4.79 Å². The Bertz CT molecular complexity index is 1170. The minimum atomic E-state index is -0.227. The van der Waals surface area contributed by atoms with Crippen LogP contribution in [-0.2, 0) is 4.79 Å². The Morgan fingerprint density at radius 2 is 1.77 bits per heavy atom. The number of rotatable bonds is 7. The number of nitrogens with one attached hydrogen (secondary N) is 1. The van der Waals surface area contributed by atoms with Gasteiger partial charge in [0.2, 0.25) is 0 Å². The smallest absolute Gasteiger partial charge is 0.250 e. The number of pyridine rings is 1. The molecule has 2 heterocycles. The zero-order valence-corrected chi connectivity index (χ0v) is 17.7. The number of carbonyl (C=O) groups excluding carboxylic acids is 1. The Morgan fingerprint density at radius 3 is 2.52 bits per heavy atom. The van der Waals surface area contributed by atoms with Gasteiger partial charge in [0.05, 0.1) is 12.0 Å². The van der Waals surface area contributed by atoms with Crippen LogP contribution in [0.25, 0.3) is 17.1 Å². The summed E-state index contributed by atoms with van der Waals surface area (Å²) in [6.45, 7) is 2.04. The van der Waals surface area contributed by atoms with E-state index in [2.05, 4.69) is 25.7 Å².